The molecule has 0 aromatic carbocycles. The van der Waals surface area contributed by atoms with Crippen molar-refractivity contribution in [2.45, 2.75) is 0 Å². The molecular weight excluding hydrogens is 200 g/mol. The molecule has 0 atom stereocenters. The summed E-state index contributed by atoms with van der Waals surface area (Å²) in [6.45, 7) is 0. The number of nitro groups is 1. The number of hydrogen-bond donors (Lipinski definition) is 2. The predicted molar refractivity (Wildman–Crippen MR) is 53.8 cm³/mol. The summed E-state index contributed by atoms with van der Waals surface area (Å²) in [5.41, 5.74) is -0.0678. The lowest BCUT2D eigenvalue weighted by atomic mass is 10.2. The molecule has 0 saturated carbocycles. The maximum Gasteiger partial charge on any atom is 0.288 e. The summed E-state index contributed by atoms with van der Waals surface area (Å²) in [4.78, 5) is 25.0. The summed E-state index contributed by atoms with van der Waals surface area (Å²) in [6, 6.07) is 1.18. The zero-order chi connectivity index (χ0) is 11.4. The maximum atomic E-state index is 11.4. The van der Waals surface area contributed by atoms with E-state index in [1.165, 1.54) is 13.1 Å². The zero-order valence-corrected chi connectivity index (χ0v) is 8.27. The molecule has 0 fully saturated rings. The van der Waals surface area contributed by atoms with Crippen LogP contribution in [0.15, 0.2) is 12.3 Å². The van der Waals surface area contributed by atoms with E-state index in [9.17, 15) is 14.9 Å². The third-order valence-electron chi connectivity index (χ3n) is 1.79. The Balaban J connectivity index is 3.25. The van der Waals surface area contributed by atoms with Crippen LogP contribution >= 0.6 is 0 Å². The number of carbonyl (C=O) groups excluding carboxylic acids is 1. The third kappa shape index (κ3) is 2.19. The normalized spacial score (nSPS) is 9.47. The number of aromatic nitrogens is 1. The van der Waals surface area contributed by atoms with Crippen molar-refractivity contribution in [3.8, 4) is 0 Å². The summed E-state index contributed by atoms with van der Waals surface area (Å²) in [5.74, 6) is -0.115. The van der Waals surface area contributed by atoms with Crippen LogP contribution in [0.1, 0.15) is 10.4 Å². The van der Waals surface area contributed by atoms with Crippen LogP contribution in [0, 0.1) is 10.1 Å². The number of rotatable bonds is 3. The minimum absolute atomic E-state index is 0.147. The molecule has 1 rings (SSSR count). The molecule has 0 saturated heterocycles. The molecule has 0 aliphatic rings. The first-order valence-corrected chi connectivity index (χ1v) is 4.14. The molecule has 0 bridgehead atoms. The average molecular weight is 210 g/mol. The molecule has 1 heterocycles. The van der Waals surface area contributed by atoms with Crippen LogP contribution in [-0.4, -0.2) is 29.9 Å². The molecule has 1 aromatic heterocycles. The number of pyridine rings is 1. The van der Waals surface area contributed by atoms with Crippen LogP contribution < -0.4 is 10.6 Å². The van der Waals surface area contributed by atoms with E-state index in [1.807, 2.05) is 0 Å². The van der Waals surface area contributed by atoms with E-state index in [-0.39, 0.29) is 11.3 Å². The van der Waals surface area contributed by atoms with Gasteiger partial charge in [-0.1, -0.05) is 0 Å². The van der Waals surface area contributed by atoms with Gasteiger partial charge in [-0.25, -0.2) is 4.98 Å². The summed E-state index contributed by atoms with van der Waals surface area (Å²) < 4.78 is 0. The van der Waals surface area contributed by atoms with Crippen molar-refractivity contribution < 1.29 is 9.72 Å². The van der Waals surface area contributed by atoms with E-state index in [1.54, 1.807) is 7.05 Å². The fraction of sp³-hybridized carbons (Fsp3) is 0.250. The molecule has 1 amide bonds. The van der Waals surface area contributed by atoms with Gasteiger partial charge in [0.25, 0.3) is 11.6 Å². The van der Waals surface area contributed by atoms with E-state index in [2.05, 4.69) is 15.6 Å². The Morgan fingerprint density at radius 3 is 2.67 bits per heavy atom. The molecule has 7 nitrogen and oxygen atoms in total. The van der Waals surface area contributed by atoms with Crippen LogP contribution in [0.5, 0.6) is 0 Å². The second kappa shape index (κ2) is 4.36. The lowest BCUT2D eigenvalue weighted by molar-refractivity contribution is -0.385. The zero-order valence-electron chi connectivity index (χ0n) is 8.27. The number of nitrogens with zero attached hydrogens (tertiary/aromatic N) is 2. The summed E-state index contributed by atoms with van der Waals surface area (Å²) in [6.07, 6.45) is 1.10. The van der Waals surface area contributed by atoms with Crippen molar-refractivity contribution in [3.63, 3.8) is 0 Å². The highest BCUT2D eigenvalue weighted by Gasteiger charge is 2.16. The molecule has 15 heavy (non-hydrogen) atoms. The lowest BCUT2D eigenvalue weighted by Gasteiger charge is -2.05. The monoisotopic (exact) mass is 210 g/mol. The summed E-state index contributed by atoms with van der Waals surface area (Å²) >= 11 is 0. The standard InChI is InChI=1S/C8H10N4O3/c1-9-7-6(8(13)10-2)3-5(4-11-7)12(14)15/h3-4H,1-2H3,(H,9,11)(H,10,13). The van der Waals surface area contributed by atoms with Gasteiger partial charge < -0.3 is 10.6 Å². The summed E-state index contributed by atoms with van der Waals surface area (Å²) in [7, 11) is 3.03. The molecule has 0 radical (unpaired) electrons. The summed E-state index contributed by atoms with van der Waals surface area (Å²) in [5, 5.41) is 15.5. The number of amides is 1. The van der Waals surface area contributed by atoms with E-state index in [4.69, 9.17) is 0 Å². The SMILES string of the molecule is CNC(=O)c1cc([N+](=O)[O-])cnc1NC. The third-order valence-corrected chi connectivity index (χ3v) is 1.79. The van der Waals surface area contributed by atoms with E-state index in [0.717, 1.165) is 6.20 Å². The van der Waals surface area contributed by atoms with Gasteiger partial charge in [0.1, 0.15) is 12.0 Å². The fourth-order valence-corrected chi connectivity index (χ4v) is 1.06. The van der Waals surface area contributed by atoms with Gasteiger partial charge in [0.15, 0.2) is 0 Å². The Kier molecular flexibility index (Phi) is 3.17. The quantitative estimate of drug-likeness (QED) is 0.555. The molecule has 0 unspecified atom stereocenters. The smallest absolute Gasteiger partial charge is 0.288 e. The predicted octanol–water partition coefficient (Wildman–Crippen LogP) is 0.391. The van der Waals surface area contributed by atoms with Crippen molar-refractivity contribution in [1.82, 2.24) is 10.3 Å². The highest BCUT2D eigenvalue weighted by molar-refractivity contribution is 5.99. The highest BCUT2D eigenvalue weighted by Crippen LogP contribution is 2.18. The van der Waals surface area contributed by atoms with Gasteiger partial charge in [0.2, 0.25) is 0 Å². The van der Waals surface area contributed by atoms with Crippen molar-refractivity contribution in [1.29, 1.82) is 0 Å². The van der Waals surface area contributed by atoms with Crippen LogP contribution in [0.25, 0.3) is 0 Å². The average Bonchev–Trinajstić information content (AvgIpc) is 2.27. The number of nitrogens with one attached hydrogen (secondary N) is 2. The first kappa shape index (κ1) is 10.9. The van der Waals surface area contributed by atoms with Gasteiger partial charge in [0, 0.05) is 20.2 Å². The Morgan fingerprint density at radius 2 is 2.20 bits per heavy atom. The Bertz CT molecular complexity index is 405. The van der Waals surface area contributed by atoms with Crippen molar-refractivity contribution in [2.24, 2.45) is 0 Å². The van der Waals surface area contributed by atoms with Crippen molar-refractivity contribution in [3.05, 3.63) is 27.9 Å². The molecule has 0 aliphatic heterocycles. The maximum absolute atomic E-state index is 11.4. The molecule has 0 spiro atoms. The van der Waals surface area contributed by atoms with Crippen LogP contribution in [0.3, 0.4) is 0 Å². The largest absolute Gasteiger partial charge is 0.372 e. The molecule has 2 N–H and O–H groups in total. The highest BCUT2D eigenvalue weighted by atomic mass is 16.6. The Morgan fingerprint density at radius 1 is 1.53 bits per heavy atom. The van der Waals surface area contributed by atoms with Crippen molar-refractivity contribution >= 4 is 17.4 Å². The van der Waals surface area contributed by atoms with Gasteiger partial charge in [-0.3, -0.25) is 14.9 Å². The second-order valence-electron chi connectivity index (χ2n) is 2.68. The van der Waals surface area contributed by atoms with Gasteiger partial charge in [-0.05, 0) is 0 Å². The van der Waals surface area contributed by atoms with Gasteiger partial charge in [-0.15, -0.1) is 0 Å². The lowest BCUT2D eigenvalue weighted by Crippen LogP contribution is -2.20. The number of carbonyl (C=O) groups is 1. The molecule has 80 valence electrons. The first-order chi connectivity index (χ1) is 7.10. The molecular formula is C8H10N4O3. The van der Waals surface area contributed by atoms with Gasteiger partial charge in [-0.2, -0.15) is 0 Å². The molecule has 0 aliphatic carbocycles. The van der Waals surface area contributed by atoms with E-state index in [0.29, 0.717) is 5.82 Å². The second-order valence-corrected chi connectivity index (χ2v) is 2.68. The molecule has 1 aromatic rings. The topological polar surface area (TPSA) is 97.2 Å². The van der Waals surface area contributed by atoms with Gasteiger partial charge >= 0.3 is 0 Å². The molecule has 7 heteroatoms. The van der Waals surface area contributed by atoms with Crippen molar-refractivity contribution in [2.75, 3.05) is 19.4 Å². The number of hydrogen-bond acceptors (Lipinski definition) is 5. The van der Waals surface area contributed by atoms with Crippen LogP contribution in [0.4, 0.5) is 11.5 Å². The Hall–Kier alpha value is -2.18. The van der Waals surface area contributed by atoms with Crippen LogP contribution in [-0.2, 0) is 0 Å². The Labute approximate surface area is 85.7 Å². The van der Waals surface area contributed by atoms with E-state index >= 15 is 0 Å². The minimum Gasteiger partial charge on any atom is -0.372 e. The van der Waals surface area contributed by atoms with Crippen LogP contribution in [0.2, 0.25) is 0 Å². The number of anilines is 1. The van der Waals surface area contributed by atoms with Gasteiger partial charge in [0.05, 0.1) is 10.5 Å². The minimum atomic E-state index is -0.598. The van der Waals surface area contributed by atoms with E-state index < -0.39 is 10.8 Å². The fourth-order valence-electron chi connectivity index (χ4n) is 1.06. The first-order valence-electron chi connectivity index (χ1n) is 4.14.